The Bertz CT molecular complexity index is 1610. The minimum absolute atomic E-state index is 0.101. The average molecular weight is 548 g/mol. The average Bonchev–Trinajstić information content (AvgIpc) is 3.40. The van der Waals surface area contributed by atoms with Gasteiger partial charge in [-0.1, -0.05) is 60.7 Å². The van der Waals surface area contributed by atoms with Crippen molar-refractivity contribution in [1.29, 1.82) is 0 Å². The summed E-state index contributed by atoms with van der Waals surface area (Å²) in [6, 6.07) is 26.9. The minimum Gasteiger partial charge on any atom is -0.393 e. The maximum absolute atomic E-state index is 10.5. The Morgan fingerprint density at radius 2 is 1.56 bits per heavy atom. The molecule has 6 rings (SSSR count). The lowest BCUT2D eigenvalue weighted by Crippen LogP contribution is -2.53. The molecule has 8 heteroatoms. The van der Waals surface area contributed by atoms with Gasteiger partial charge in [0.25, 0.3) is 0 Å². The molecule has 2 aromatic heterocycles. The standard InChI is InChI=1S/C33H37N7O/c1-23-11-10-16-28(25(23)3)38-17-19-39(20-18-38)29(21-24(2)41)36-31-30-33(35-22-34-31)40(27-14-8-5-9-15-27)32(37-30)26-12-6-4-7-13-26/h4-16,22,24,29,41H,17-21H2,1-3H3,(H,34,35,36). The predicted molar refractivity (Wildman–Crippen MR) is 166 cm³/mol. The van der Waals surface area contributed by atoms with Crippen molar-refractivity contribution in [2.24, 2.45) is 0 Å². The molecule has 1 aliphatic heterocycles. The summed E-state index contributed by atoms with van der Waals surface area (Å²) in [7, 11) is 0. The highest BCUT2D eigenvalue weighted by Crippen LogP contribution is 2.31. The van der Waals surface area contributed by atoms with Crippen LogP contribution in [0.1, 0.15) is 24.5 Å². The fourth-order valence-electron chi connectivity index (χ4n) is 5.73. The van der Waals surface area contributed by atoms with E-state index >= 15 is 0 Å². The van der Waals surface area contributed by atoms with Gasteiger partial charge in [0.05, 0.1) is 12.3 Å². The van der Waals surface area contributed by atoms with Gasteiger partial charge in [0.15, 0.2) is 17.0 Å². The molecule has 0 radical (unpaired) electrons. The van der Waals surface area contributed by atoms with Crippen LogP contribution in [-0.2, 0) is 0 Å². The number of aromatic nitrogens is 4. The Balaban J connectivity index is 1.32. The first-order valence-corrected chi connectivity index (χ1v) is 14.3. The van der Waals surface area contributed by atoms with Crippen molar-refractivity contribution in [3.63, 3.8) is 0 Å². The van der Waals surface area contributed by atoms with E-state index in [0.29, 0.717) is 17.8 Å². The van der Waals surface area contributed by atoms with Gasteiger partial charge in [0.1, 0.15) is 12.2 Å². The highest BCUT2D eigenvalue weighted by Gasteiger charge is 2.28. The fourth-order valence-corrected chi connectivity index (χ4v) is 5.73. The number of hydrogen-bond donors (Lipinski definition) is 2. The highest BCUT2D eigenvalue weighted by atomic mass is 16.3. The number of anilines is 2. The first-order chi connectivity index (χ1) is 20.0. The molecule has 2 unspecified atom stereocenters. The topological polar surface area (TPSA) is 82.3 Å². The Hall–Kier alpha value is -4.27. The highest BCUT2D eigenvalue weighted by molar-refractivity contribution is 5.88. The molecule has 3 aromatic carbocycles. The summed E-state index contributed by atoms with van der Waals surface area (Å²) in [5.74, 6) is 1.48. The van der Waals surface area contributed by atoms with Crippen LogP contribution < -0.4 is 10.2 Å². The Morgan fingerprint density at radius 1 is 0.854 bits per heavy atom. The van der Waals surface area contributed by atoms with Crippen LogP contribution in [0, 0.1) is 13.8 Å². The third-order valence-electron chi connectivity index (χ3n) is 8.03. The number of piperazine rings is 1. The van der Waals surface area contributed by atoms with Crippen LogP contribution in [0.3, 0.4) is 0 Å². The predicted octanol–water partition coefficient (Wildman–Crippen LogP) is 5.43. The molecule has 1 fully saturated rings. The van der Waals surface area contributed by atoms with Gasteiger partial charge in [-0.25, -0.2) is 15.0 Å². The quantitative estimate of drug-likeness (QED) is 0.268. The lowest BCUT2D eigenvalue weighted by atomic mass is 10.1. The molecule has 0 aliphatic carbocycles. The van der Waals surface area contributed by atoms with Crippen LogP contribution in [0.5, 0.6) is 0 Å². The second-order valence-electron chi connectivity index (χ2n) is 10.9. The molecule has 2 atom stereocenters. The van der Waals surface area contributed by atoms with Gasteiger partial charge < -0.3 is 15.3 Å². The Kier molecular flexibility index (Phi) is 7.67. The molecule has 2 N–H and O–H groups in total. The molecule has 5 aromatic rings. The Labute approximate surface area is 241 Å². The number of aliphatic hydroxyl groups excluding tert-OH is 1. The first kappa shape index (κ1) is 26.9. The molecule has 41 heavy (non-hydrogen) atoms. The molecule has 1 aliphatic rings. The van der Waals surface area contributed by atoms with Crippen molar-refractivity contribution >= 4 is 22.7 Å². The van der Waals surface area contributed by atoms with Gasteiger partial charge in [0, 0.05) is 49.5 Å². The van der Waals surface area contributed by atoms with Crippen LogP contribution in [0.4, 0.5) is 11.5 Å². The number of fused-ring (bicyclic) bond motifs is 1. The van der Waals surface area contributed by atoms with Gasteiger partial charge in [-0.15, -0.1) is 0 Å². The zero-order chi connectivity index (χ0) is 28.3. The largest absolute Gasteiger partial charge is 0.393 e. The summed E-state index contributed by atoms with van der Waals surface area (Å²) in [5, 5.41) is 14.1. The van der Waals surface area contributed by atoms with E-state index in [2.05, 4.69) is 86.0 Å². The second kappa shape index (κ2) is 11.7. The third-order valence-corrected chi connectivity index (χ3v) is 8.03. The summed E-state index contributed by atoms with van der Waals surface area (Å²) >= 11 is 0. The first-order valence-electron chi connectivity index (χ1n) is 14.3. The van der Waals surface area contributed by atoms with Gasteiger partial charge in [-0.2, -0.15) is 0 Å². The lowest BCUT2D eigenvalue weighted by molar-refractivity contribution is 0.119. The normalized spacial score (nSPS) is 15.7. The molecule has 0 amide bonds. The number of aliphatic hydroxyl groups is 1. The smallest absolute Gasteiger partial charge is 0.170 e. The molecule has 3 heterocycles. The Morgan fingerprint density at radius 3 is 2.27 bits per heavy atom. The molecule has 0 saturated carbocycles. The van der Waals surface area contributed by atoms with Gasteiger partial charge in [-0.05, 0) is 50.1 Å². The van der Waals surface area contributed by atoms with Crippen molar-refractivity contribution in [3.8, 4) is 17.1 Å². The third kappa shape index (κ3) is 5.53. The number of imidazole rings is 1. The number of para-hydroxylation sites is 1. The van der Waals surface area contributed by atoms with E-state index in [9.17, 15) is 5.11 Å². The number of rotatable bonds is 8. The van der Waals surface area contributed by atoms with Crippen molar-refractivity contribution in [2.45, 2.75) is 39.5 Å². The number of hydrogen-bond acceptors (Lipinski definition) is 7. The van der Waals surface area contributed by atoms with Crippen LogP contribution >= 0.6 is 0 Å². The summed E-state index contributed by atoms with van der Waals surface area (Å²) in [6.07, 6.45) is 1.60. The number of benzene rings is 3. The lowest BCUT2D eigenvalue weighted by Gasteiger charge is -2.41. The van der Waals surface area contributed by atoms with E-state index in [1.165, 1.54) is 16.8 Å². The van der Waals surface area contributed by atoms with E-state index in [4.69, 9.17) is 4.98 Å². The minimum atomic E-state index is -0.469. The van der Waals surface area contributed by atoms with E-state index in [0.717, 1.165) is 48.9 Å². The maximum Gasteiger partial charge on any atom is 0.170 e. The van der Waals surface area contributed by atoms with Gasteiger partial charge in [-0.3, -0.25) is 9.47 Å². The van der Waals surface area contributed by atoms with E-state index in [1.54, 1.807) is 6.33 Å². The van der Waals surface area contributed by atoms with Crippen molar-refractivity contribution in [1.82, 2.24) is 24.4 Å². The monoisotopic (exact) mass is 547 g/mol. The van der Waals surface area contributed by atoms with Crippen LogP contribution in [0.25, 0.3) is 28.2 Å². The second-order valence-corrected chi connectivity index (χ2v) is 10.9. The molecule has 8 nitrogen and oxygen atoms in total. The molecule has 0 spiro atoms. The van der Waals surface area contributed by atoms with Gasteiger partial charge in [0.2, 0.25) is 0 Å². The van der Waals surface area contributed by atoms with E-state index in [1.807, 2.05) is 43.3 Å². The number of aryl methyl sites for hydroxylation is 1. The van der Waals surface area contributed by atoms with E-state index < -0.39 is 6.10 Å². The van der Waals surface area contributed by atoms with Crippen molar-refractivity contribution in [3.05, 3.63) is 96.3 Å². The summed E-state index contributed by atoms with van der Waals surface area (Å²) in [4.78, 5) is 19.3. The van der Waals surface area contributed by atoms with Crippen molar-refractivity contribution < 1.29 is 5.11 Å². The zero-order valence-corrected chi connectivity index (χ0v) is 23.9. The van der Waals surface area contributed by atoms with Gasteiger partial charge >= 0.3 is 0 Å². The molecule has 1 saturated heterocycles. The molecule has 210 valence electrons. The maximum atomic E-state index is 10.5. The van der Waals surface area contributed by atoms with Crippen LogP contribution in [-0.4, -0.2) is 68.0 Å². The zero-order valence-electron chi connectivity index (χ0n) is 23.9. The fraction of sp³-hybridized carbons (Fsp3) is 0.303. The SMILES string of the molecule is Cc1cccc(N2CCN(C(CC(C)O)Nc3ncnc4c3nc(-c3ccccc3)n4-c3ccccc3)CC2)c1C. The van der Waals surface area contributed by atoms with Crippen LogP contribution in [0.15, 0.2) is 85.2 Å². The molecular formula is C33H37N7O. The number of nitrogens with zero attached hydrogens (tertiary/aromatic N) is 6. The number of nitrogens with one attached hydrogen (secondary N) is 1. The van der Waals surface area contributed by atoms with E-state index in [-0.39, 0.29) is 6.17 Å². The summed E-state index contributed by atoms with van der Waals surface area (Å²) < 4.78 is 2.09. The van der Waals surface area contributed by atoms with Crippen LogP contribution in [0.2, 0.25) is 0 Å². The molecule has 0 bridgehead atoms. The summed E-state index contributed by atoms with van der Waals surface area (Å²) in [6.45, 7) is 9.80. The van der Waals surface area contributed by atoms with Crippen molar-refractivity contribution in [2.75, 3.05) is 36.4 Å². The summed E-state index contributed by atoms with van der Waals surface area (Å²) in [5.41, 5.74) is 7.40. The molecular weight excluding hydrogens is 510 g/mol.